The molecule has 10 heteroatoms. The van der Waals surface area contributed by atoms with Gasteiger partial charge in [0.15, 0.2) is 0 Å². The number of halogens is 3. The van der Waals surface area contributed by atoms with Gasteiger partial charge in [0.2, 0.25) is 5.91 Å². The fraction of sp³-hybridized carbons (Fsp3) is 0.0952. The molecule has 0 aliphatic carbocycles. The zero-order valence-electron chi connectivity index (χ0n) is 15.7. The molecule has 0 saturated carbocycles. The van der Waals surface area contributed by atoms with Gasteiger partial charge in [-0.15, -0.1) is 11.3 Å². The van der Waals surface area contributed by atoms with Crippen LogP contribution in [-0.2, 0) is 17.5 Å². The molecule has 158 valence electrons. The van der Waals surface area contributed by atoms with Crippen molar-refractivity contribution in [2.24, 2.45) is 0 Å². The Labute approximate surface area is 176 Å². The third kappa shape index (κ3) is 3.89. The molecule has 1 N–H and O–H groups in total. The average molecular weight is 445 g/mol. The summed E-state index contributed by atoms with van der Waals surface area (Å²) in [6.07, 6.45) is -4.65. The zero-order chi connectivity index (χ0) is 22.2. The summed E-state index contributed by atoms with van der Waals surface area (Å²) in [6, 6.07) is 14.3. The molecule has 2 aromatic heterocycles. The summed E-state index contributed by atoms with van der Waals surface area (Å²) >= 11 is 1.11. The number of rotatable bonds is 4. The first kappa shape index (κ1) is 20.6. The minimum Gasteiger partial charge on any atom is -0.324 e. The molecular formula is C21H14F3N3O3S. The second-order valence-corrected chi connectivity index (χ2v) is 7.49. The molecule has 2 heterocycles. The number of nitrogens with zero attached hydrogens (tertiary/aromatic N) is 2. The molecule has 0 spiro atoms. The van der Waals surface area contributed by atoms with Gasteiger partial charge in [0.05, 0.1) is 22.5 Å². The number of carbonyl (C=O) groups is 1. The maximum Gasteiger partial charge on any atom is 0.418 e. The number of alkyl halides is 3. The standard InChI is InChI=1S/C21H14F3N3O3S/c22-21(23,24)14-8-4-5-9-15(14)25-17(28)12-26-16-10-11-31-18(16)19(29)27(20(26)30)13-6-2-1-3-7-13/h1-11H,12H2,(H,25,28). The Morgan fingerprint density at radius 2 is 1.65 bits per heavy atom. The van der Waals surface area contributed by atoms with E-state index in [4.69, 9.17) is 0 Å². The molecule has 0 aliphatic heterocycles. The van der Waals surface area contributed by atoms with Crippen LogP contribution in [0.25, 0.3) is 15.9 Å². The SMILES string of the molecule is O=C(Cn1c(=O)n(-c2ccccc2)c(=O)c2sccc21)Nc1ccccc1C(F)(F)F. The third-order valence-electron chi connectivity index (χ3n) is 4.58. The molecule has 0 atom stereocenters. The minimum atomic E-state index is -4.65. The lowest BCUT2D eigenvalue weighted by molar-refractivity contribution is -0.137. The molecule has 6 nitrogen and oxygen atoms in total. The predicted octanol–water partition coefficient (Wildman–Crippen LogP) is 3.87. The van der Waals surface area contributed by atoms with Gasteiger partial charge in [0.25, 0.3) is 5.56 Å². The van der Waals surface area contributed by atoms with Crippen LogP contribution in [0.2, 0.25) is 0 Å². The Bertz CT molecular complexity index is 1390. The van der Waals surface area contributed by atoms with Crippen LogP contribution >= 0.6 is 11.3 Å². The van der Waals surface area contributed by atoms with E-state index in [1.54, 1.807) is 35.7 Å². The average Bonchev–Trinajstić information content (AvgIpc) is 3.22. The van der Waals surface area contributed by atoms with Crippen LogP contribution in [0.5, 0.6) is 0 Å². The molecule has 0 bridgehead atoms. The number of carbonyl (C=O) groups excluding carboxylic acids is 1. The molecule has 4 aromatic rings. The van der Waals surface area contributed by atoms with Crippen molar-refractivity contribution in [1.29, 1.82) is 0 Å². The highest BCUT2D eigenvalue weighted by Gasteiger charge is 2.33. The highest BCUT2D eigenvalue weighted by Crippen LogP contribution is 2.34. The van der Waals surface area contributed by atoms with Crippen LogP contribution in [0.1, 0.15) is 5.56 Å². The molecule has 0 radical (unpaired) electrons. The van der Waals surface area contributed by atoms with Crippen LogP contribution in [0, 0.1) is 0 Å². The van der Waals surface area contributed by atoms with Crippen molar-refractivity contribution in [3.05, 3.63) is 92.4 Å². The molecular weight excluding hydrogens is 431 g/mol. The topological polar surface area (TPSA) is 73.1 Å². The smallest absolute Gasteiger partial charge is 0.324 e. The van der Waals surface area contributed by atoms with Gasteiger partial charge in [0, 0.05) is 0 Å². The monoisotopic (exact) mass is 445 g/mol. The van der Waals surface area contributed by atoms with Crippen molar-refractivity contribution < 1.29 is 18.0 Å². The summed E-state index contributed by atoms with van der Waals surface area (Å²) in [7, 11) is 0. The maximum atomic E-state index is 13.2. The number of nitrogens with one attached hydrogen (secondary N) is 1. The molecule has 4 rings (SSSR count). The number of hydrogen-bond donors (Lipinski definition) is 1. The van der Waals surface area contributed by atoms with Gasteiger partial charge in [-0.1, -0.05) is 30.3 Å². The quantitative estimate of drug-likeness (QED) is 0.518. The summed E-state index contributed by atoms with van der Waals surface area (Å²) in [5, 5.41) is 3.83. The molecule has 31 heavy (non-hydrogen) atoms. The van der Waals surface area contributed by atoms with Gasteiger partial charge in [0.1, 0.15) is 11.2 Å². The van der Waals surface area contributed by atoms with Crippen LogP contribution in [0.15, 0.2) is 75.6 Å². The van der Waals surface area contributed by atoms with Crippen LogP contribution in [0.4, 0.5) is 18.9 Å². The van der Waals surface area contributed by atoms with E-state index >= 15 is 0 Å². The van der Waals surface area contributed by atoms with Crippen molar-refractivity contribution in [2.75, 3.05) is 5.32 Å². The number of para-hydroxylation sites is 2. The lowest BCUT2D eigenvalue weighted by atomic mass is 10.1. The highest BCUT2D eigenvalue weighted by molar-refractivity contribution is 7.17. The number of hydrogen-bond acceptors (Lipinski definition) is 4. The molecule has 1 amide bonds. The molecule has 2 aromatic carbocycles. The van der Waals surface area contributed by atoms with Gasteiger partial charge in [-0.25, -0.2) is 9.36 Å². The van der Waals surface area contributed by atoms with Crippen molar-refractivity contribution in [3.63, 3.8) is 0 Å². The van der Waals surface area contributed by atoms with E-state index < -0.39 is 41.1 Å². The van der Waals surface area contributed by atoms with Gasteiger partial charge in [-0.3, -0.25) is 14.2 Å². The van der Waals surface area contributed by atoms with E-state index in [9.17, 15) is 27.6 Å². The van der Waals surface area contributed by atoms with Gasteiger partial charge < -0.3 is 5.32 Å². The Morgan fingerprint density at radius 3 is 2.35 bits per heavy atom. The lowest BCUT2D eigenvalue weighted by Crippen LogP contribution is -2.40. The van der Waals surface area contributed by atoms with Gasteiger partial charge in [-0.05, 0) is 35.7 Å². The van der Waals surface area contributed by atoms with Crippen molar-refractivity contribution in [3.8, 4) is 5.69 Å². The largest absolute Gasteiger partial charge is 0.418 e. The number of benzene rings is 2. The molecule has 0 fully saturated rings. The normalized spacial score (nSPS) is 11.6. The zero-order valence-corrected chi connectivity index (χ0v) is 16.5. The molecule has 0 unspecified atom stereocenters. The second kappa shape index (κ2) is 7.88. The van der Waals surface area contributed by atoms with Crippen molar-refractivity contribution in [2.45, 2.75) is 12.7 Å². The fourth-order valence-corrected chi connectivity index (χ4v) is 4.04. The summed E-state index contributed by atoms with van der Waals surface area (Å²) in [6.45, 7) is -0.564. The van der Waals surface area contributed by atoms with Crippen molar-refractivity contribution >= 4 is 33.1 Å². The van der Waals surface area contributed by atoms with Crippen molar-refractivity contribution in [1.82, 2.24) is 9.13 Å². The first-order chi connectivity index (χ1) is 14.8. The Hall–Kier alpha value is -3.66. The van der Waals surface area contributed by atoms with E-state index in [1.807, 2.05) is 0 Å². The van der Waals surface area contributed by atoms with E-state index in [2.05, 4.69) is 5.32 Å². The van der Waals surface area contributed by atoms with Crippen LogP contribution < -0.4 is 16.6 Å². The molecule has 0 saturated heterocycles. The minimum absolute atomic E-state index is 0.242. The molecule has 0 aliphatic rings. The third-order valence-corrected chi connectivity index (χ3v) is 5.47. The van der Waals surface area contributed by atoms with E-state index in [0.717, 1.165) is 32.6 Å². The first-order valence-corrected chi connectivity index (χ1v) is 9.90. The van der Waals surface area contributed by atoms with Gasteiger partial charge in [-0.2, -0.15) is 13.2 Å². The summed E-state index contributed by atoms with van der Waals surface area (Å²) in [5.41, 5.74) is -2.13. The predicted molar refractivity (Wildman–Crippen MR) is 112 cm³/mol. The van der Waals surface area contributed by atoms with E-state index in [0.29, 0.717) is 5.69 Å². The van der Waals surface area contributed by atoms with Crippen LogP contribution in [0.3, 0.4) is 0 Å². The van der Waals surface area contributed by atoms with E-state index in [1.165, 1.54) is 18.2 Å². The number of amides is 1. The number of aromatic nitrogens is 2. The maximum absolute atomic E-state index is 13.2. The highest BCUT2D eigenvalue weighted by atomic mass is 32.1. The first-order valence-electron chi connectivity index (χ1n) is 9.02. The number of fused-ring (bicyclic) bond motifs is 1. The Morgan fingerprint density at radius 1 is 0.968 bits per heavy atom. The number of thiophene rings is 1. The number of anilines is 1. The summed E-state index contributed by atoms with van der Waals surface area (Å²) in [5.74, 6) is -0.829. The summed E-state index contributed by atoms with van der Waals surface area (Å²) < 4.78 is 41.9. The summed E-state index contributed by atoms with van der Waals surface area (Å²) in [4.78, 5) is 38.5. The Balaban J connectivity index is 1.77. The lowest BCUT2D eigenvalue weighted by Gasteiger charge is -2.15. The van der Waals surface area contributed by atoms with Crippen LogP contribution in [-0.4, -0.2) is 15.0 Å². The Kier molecular flexibility index (Phi) is 5.24. The van der Waals surface area contributed by atoms with Gasteiger partial charge >= 0.3 is 11.9 Å². The van der Waals surface area contributed by atoms with E-state index in [-0.39, 0.29) is 10.2 Å². The second-order valence-electron chi connectivity index (χ2n) is 6.57. The fourth-order valence-electron chi connectivity index (χ4n) is 3.22.